The molecule has 31 heavy (non-hydrogen) atoms. The van der Waals surface area contributed by atoms with Crippen molar-refractivity contribution in [1.82, 2.24) is 0 Å². The van der Waals surface area contributed by atoms with E-state index in [-0.39, 0.29) is 5.92 Å². The molecule has 6 heteroatoms. The Morgan fingerprint density at radius 3 is 2.45 bits per heavy atom. The van der Waals surface area contributed by atoms with Crippen LogP contribution in [-0.4, -0.2) is 48.0 Å². The van der Waals surface area contributed by atoms with Crippen LogP contribution in [0.4, 0.5) is 0 Å². The first kappa shape index (κ1) is 22.1. The smallest absolute Gasteiger partial charge is 0.171 e. The molecule has 0 aromatic heterocycles. The van der Waals surface area contributed by atoms with Gasteiger partial charge in [0, 0.05) is 12.8 Å². The van der Waals surface area contributed by atoms with E-state index in [0.717, 1.165) is 11.1 Å². The molecule has 0 bridgehead atoms. The van der Waals surface area contributed by atoms with Gasteiger partial charge in [0.2, 0.25) is 0 Å². The Labute approximate surface area is 183 Å². The average Bonchev–Trinajstić information content (AvgIpc) is 3.24. The van der Waals surface area contributed by atoms with Gasteiger partial charge in [-0.1, -0.05) is 43.3 Å². The minimum atomic E-state index is -1.19. The molecule has 4 rings (SSSR count). The van der Waals surface area contributed by atoms with E-state index in [0.29, 0.717) is 57.0 Å². The minimum Gasteiger partial charge on any atom is -0.493 e. The highest BCUT2D eigenvalue weighted by Gasteiger charge is 2.53. The maximum absolute atomic E-state index is 11.3. The van der Waals surface area contributed by atoms with Gasteiger partial charge >= 0.3 is 0 Å². The van der Waals surface area contributed by atoms with Crippen molar-refractivity contribution in [2.24, 2.45) is 5.92 Å². The van der Waals surface area contributed by atoms with Gasteiger partial charge in [0.05, 0.1) is 32.0 Å². The molecular formula is C25H32O6. The van der Waals surface area contributed by atoms with Crippen molar-refractivity contribution in [3.05, 3.63) is 59.7 Å². The highest BCUT2D eigenvalue weighted by Crippen LogP contribution is 2.44. The number of rotatable bonds is 7. The van der Waals surface area contributed by atoms with E-state index in [1.165, 1.54) is 0 Å². The molecule has 1 aliphatic heterocycles. The van der Waals surface area contributed by atoms with Crippen LogP contribution in [0.3, 0.4) is 0 Å². The molecule has 2 aliphatic rings. The summed E-state index contributed by atoms with van der Waals surface area (Å²) in [6, 6.07) is 15.8. The molecule has 2 aromatic carbocycles. The largest absolute Gasteiger partial charge is 0.493 e. The van der Waals surface area contributed by atoms with Crippen LogP contribution < -0.4 is 9.47 Å². The van der Waals surface area contributed by atoms with Crippen LogP contribution in [0.15, 0.2) is 48.5 Å². The number of aliphatic hydroxyl groups excluding tert-OH is 1. The number of benzene rings is 2. The molecule has 0 radical (unpaired) electrons. The first-order valence-corrected chi connectivity index (χ1v) is 11.0. The Kier molecular flexibility index (Phi) is 6.53. The van der Waals surface area contributed by atoms with Crippen molar-refractivity contribution >= 4 is 0 Å². The van der Waals surface area contributed by atoms with Gasteiger partial charge in [-0.15, -0.1) is 0 Å². The number of hydrogen-bond donors (Lipinski definition) is 2. The van der Waals surface area contributed by atoms with Gasteiger partial charge in [0.15, 0.2) is 17.3 Å². The molecule has 2 N–H and O–H groups in total. The first-order chi connectivity index (χ1) is 14.9. The van der Waals surface area contributed by atoms with Crippen LogP contribution in [0, 0.1) is 5.92 Å². The van der Waals surface area contributed by atoms with Crippen LogP contribution >= 0.6 is 0 Å². The number of methoxy groups -OCH3 is 1. The molecule has 1 spiro atoms. The summed E-state index contributed by atoms with van der Waals surface area (Å²) in [6.07, 6.45) is 1.01. The highest BCUT2D eigenvalue weighted by molar-refractivity contribution is 5.43. The molecule has 6 nitrogen and oxygen atoms in total. The summed E-state index contributed by atoms with van der Waals surface area (Å²) < 4.78 is 22.9. The van der Waals surface area contributed by atoms with Gasteiger partial charge in [-0.2, -0.15) is 0 Å². The molecule has 3 atom stereocenters. The molecule has 2 fully saturated rings. The summed E-state index contributed by atoms with van der Waals surface area (Å²) in [6.45, 7) is 3.50. The molecule has 1 heterocycles. The molecule has 168 valence electrons. The van der Waals surface area contributed by atoms with Crippen LogP contribution in [0.1, 0.15) is 37.3 Å². The van der Waals surface area contributed by atoms with Gasteiger partial charge in [0.1, 0.15) is 6.61 Å². The van der Waals surface area contributed by atoms with Crippen molar-refractivity contribution in [1.29, 1.82) is 0 Å². The van der Waals surface area contributed by atoms with Crippen molar-refractivity contribution < 1.29 is 29.2 Å². The average molecular weight is 429 g/mol. The van der Waals surface area contributed by atoms with Gasteiger partial charge in [0.25, 0.3) is 0 Å². The molecule has 0 amide bonds. The van der Waals surface area contributed by atoms with Gasteiger partial charge in [-0.05, 0) is 42.0 Å². The lowest BCUT2D eigenvalue weighted by molar-refractivity contribution is -0.246. The van der Waals surface area contributed by atoms with Crippen molar-refractivity contribution in [3.8, 4) is 11.5 Å². The normalized spacial score (nSPS) is 26.0. The Balaban J connectivity index is 1.44. The maximum Gasteiger partial charge on any atom is 0.171 e. The summed E-state index contributed by atoms with van der Waals surface area (Å²) in [5.41, 5.74) is 0.907. The van der Waals surface area contributed by atoms with E-state index in [9.17, 15) is 10.2 Å². The van der Waals surface area contributed by atoms with Gasteiger partial charge < -0.3 is 29.2 Å². The molecular weight excluding hydrogens is 396 g/mol. The lowest BCUT2D eigenvalue weighted by Gasteiger charge is -2.47. The fourth-order valence-electron chi connectivity index (χ4n) is 4.69. The second-order valence-corrected chi connectivity index (χ2v) is 8.68. The van der Waals surface area contributed by atoms with Gasteiger partial charge in [-0.25, -0.2) is 0 Å². The predicted molar refractivity (Wildman–Crippen MR) is 116 cm³/mol. The zero-order valence-corrected chi connectivity index (χ0v) is 18.3. The zero-order chi connectivity index (χ0) is 21.9. The summed E-state index contributed by atoms with van der Waals surface area (Å²) in [7, 11) is 1.62. The third-order valence-corrected chi connectivity index (χ3v) is 6.66. The topological polar surface area (TPSA) is 77.4 Å². The summed E-state index contributed by atoms with van der Waals surface area (Å²) >= 11 is 0. The van der Waals surface area contributed by atoms with Gasteiger partial charge in [-0.3, -0.25) is 0 Å². The van der Waals surface area contributed by atoms with E-state index < -0.39 is 17.5 Å². The first-order valence-electron chi connectivity index (χ1n) is 11.0. The Morgan fingerprint density at radius 2 is 1.77 bits per heavy atom. The highest BCUT2D eigenvalue weighted by atomic mass is 16.7. The zero-order valence-electron chi connectivity index (χ0n) is 18.3. The van der Waals surface area contributed by atoms with Crippen molar-refractivity contribution in [2.75, 3.05) is 20.3 Å². The van der Waals surface area contributed by atoms with E-state index in [4.69, 9.17) is 18.9 Å². The second-order valence-electron chi connectivity index (χ2n) is 8.68. The van der Waals surface area contributed by atoms with Crippen LogP contribution in [0.5, 0.6) is 11.5 Å². The SMILES string of the molecule is COc1ccc(C[C@H](C)[C@]2(O)CCC3(C[C@H]2O)OCCO3)cc1OCc1ccccc1. The van der Waals surface area contributed by atoms with E-state index in [2.05, 4.69) is 0 Å². The molecule has 2 aromatic rings. The molecule has 1 aliphatic carbocycles. The number of hydrogen-bond acceptors (Lipinski definition) is 6. The maximum atomic E-state index is 11.3. The quantitative estimate of drug-likeness (QED) is 0.703. The summed E-state index contributed by atoms with van der Waals surface area (Å²) in [5.74, 6) is 0.445. The summed E-state index contributed by atoms with van der Waals surface area (Å²) in [4.78, 5) is 0. The molecule has 0 unspecified atom stereocenters. The third kappa shape index (κ3) is 4.72. The lowest BCUT2D eigenvalue weighted by atomic mass is 9.70. The van der Waals surface area contributed by atoms with Crippen LogP contribution in [-0.2, 0) is 22.5 Å². The number of aliphatic hydroxyl groups is 2. The molecule has 1 saturated carbocycles. The standard InChI is InChI=1S/C25H32O6/c1-18(25(27)11-10-24(16-23(25)26)30-12-13-31-24)14-20-8-9-21(28-2)22(15-20)29-17-19-6-4-3-5-7-19/h3-9,15,18,23,26-27H,10-14,16-17H2,1-2H3/t18-,23+,25+/m0/s1. The van der Waals surface area contributed by atoms with Crippen molar-refractivity contribution in [2.45, 2.75) is 56.7 Å². The third-order valence-electron chi connectivity index (χ3n) is 6.66. The fourth-order valence-corrected chi connectivity index (χ4v) is 4.69. The fraction of sp³-hybridized carbons (Fsp3) is 0.520. The second kappa shape index (κ2) is 9.17. The van der Waals surface area contributed by atoms with Crippen molar-refractivity contribution in [3.63, 3.8) is 0 Å². The number of ether oxygens (including phenoxy) is 4. The van der Waals surface area contributed by atoms with E-state index in [1.807, 2.05) is 55.5 Å². The Bertz CT molecular complexity index is 864. The van der Waals surface area contributed by atoms with E-state index in [1.54, 1.807) is 7.11 Å². The Morgan fingerprint density at radius 1 is 1.03 bits per heavy atom. The minimum absolute atomic E-state index is 0.156. The predicted octanol–water partition coefficient (Wildman–Crippen LogP) is 3.47. The van der Waals surface area contributed by atoms with E-state index >= 15 is 0 Å². The summed E-state index contributed by atoms with van der Waals surface area (Å²) in [5, 5.41) is 22.1. The monoisotopic (exact) mass is 428 g/mol. The molecule has 1 saturated heterocycles. The van der Waals surface area contributed by atoms with Crippen LogP contribution in [0.2, 0.25) is 0 Å². The lowest BCUT2D eigenvalue weighted by Crippen LogP contribution is -2.57. The van der Waals surface area contributed by atoms with Crippen LogP contribution in [0.25, 0.3) is 0 Å². The Hall–Kier alpha value is -2.12.